The van der Waals surface area contributed by atoms with Crippen molar-refractivity contribution in [1.29, 1.82) is 0 Å². The van der Waals surface area contributed by atoms with Gasteiger partial charge >= 0.3 is 0 Å². The molecule has 2 heterocycles. The van der Waals surface area contributed by atoms with Gasteiger partial charge in [0, 0.05) is 23.2 Å². The van der Waals surface area contributed by atoms with Crippen LogP contribution in [0, 0.1) is 11.8 Å². The minimum Gasteiger partial charge on any atom is -0.369 e. The fourth-order valence-electron chi connectivity index (χ4n) is 4.61. The van der Waals surface area contributed by atoms with Gasteiger partial charge in [-0.3, -0.25) is 4.90 Å². The third kappa shape index (κ3) is 3.43. The monoisotopic (exact) mass is 345 g/mol. The molecule has 2 bridgehead atoms. The summed E-state index contributed by atoms with van der Waals surface area (Å²) in [6, 6.07) is 21.0. The Morgan fingerprint density at radius 3 is 1.73 bits per heavy atom. The average Bonchev–Trinajstić information content (AvgIpc) is 2.69. The Morgan fingerprint density at radius 1 is 0.808 bits per heavy atom. The Morgan fingerprint density at radius 2 is 1.27 bits per heavy atom. The minimum atomic E-state index is -1.26. The zero-order chi connectivity index (χ0) is 17.8. The summed E-state index contributed by atoms with van der Waals surface area (Å²) in [5.41, 5.74) is 0.406. The molecule has 2 saturated heterocycles. The highest BCUT2D eigenvalue weighted by Gasteiger charge is 2.33. The number of rotatable bonds is 3. The molecule has 26 heavy (non-hydrogen) atoms. The summed E-state index contributed by atoms with van der Waals surface area (Å²) < 4.78 is 0. The fraction of sp³-hybridized carbons (Fsp3) is 0.417. The number of hydrogen-bond donors (Lipinski definition) is 1. The van der Waals surface area contributed by atoms with Gasteiger partial charge in [0.2, 0.25) is 0 Å². The van der Waals surface area contributed by atoms with Crippen LogP contribution in [-0.4, -0.2) is 28.6 Å². The molecule has 2 heteroatoms. The van der Waals surface area contributed by atoms with Crippen LogP contribution in [0.3, 0.4) is 0 Å². The smallest absolute Gasteiger partial charge is 0.176 e. The van der Waals surface area contributed by atoms with E-state index in [1.807, 2.05) is 60.7 Å². The van der Waals surface area contributed by atoms with E-state index in [0.717, 1.165) is 17.7 Å². The molecule has 0 amide bonds. The Kier molecular flexibility index (Phi) is 5.11. The second kappa shape index (κ2) is 7.66. The molecule has 0 spiro atoms. The maximum atomic E-state index is 11.5. The number of fused-ring (bicyclic) bond motifs is 2. The van der Waals surface area contributed by atoms with Gasteiger partial charge in [0.1, 0.15) is 0 Å². The summed E-state index contributed by atoms with van der Waals surface area (Å²) in [5, 5.41) is 11.5. The molecule has 1 N–H and O–H groups in total. The van der Waals surface area contributed by atoms with Crippen LogP contribution >= 0.6 is 0 Å². The molecule has 4 rings (SSSR count). The van der Waals surface area contributed by atoms with Crippen molar-refractivity contribution in [3.05, 3.63) is 71.8 Å². The van der Waals surface area contributed by atoms with Crippen LogP contribution in [0.15, 0.2) is 60.7 Å². The van der Waals surface area contributed by atoms with Crippen LogP contribution in [0.2, 0.25) is 0 Å². The van der Waals surface area contributed by atoms with Crippen LogP contribution in [0.4, 0.5) is 0 Å². The third-order valence-electron chi connectivity index (χ3n) is 6.00. The van der Waals surface area contributed by atoms with E-state index in [9.17, 15) is 5.11 Å². The Bertz CT molecular complexity index is 713. The number of benzene rings is 2. The van der Waals surface area contributed by atoms with Crippen LogP contribution in [0.5, 0.6) is 0 Å². The molecule has 0 aliphatic carbocycles. The molecular weight excluding hydrogens is 318 g/mol. The van der Waals surface area contributed by atoms with E-state index >= 15 is 0 Å². The van der Waals surface area contributed by atoms with Crippen molar-refractivity contribution in [3.63, 3.8) is 0 Å². The zero-order valence-electron chi connectivity index (χ0n) is 15.3. The predicted octanol–water partition coefficient (Wildman–Crippen LogP) is 4.33. The van der Waals surface area contributed by atoms with Crippen LogP contribution in [0.25, 0.3) is 0 Å². The normalized spacial score (nSPS) is 23.1. The van der Waals surface area contributed by atoms with Crippen molar-refractivity contribution in [1.82, 2.24) is 4.90 Å². The number of piperidine rings is 2. The van der Waals surface area contributed by atoms with E-state index in [0.29, 0.717) is 12.1 Å². The minimum absolute atomic E-state index is 0.693. The van der Waals surface area contributed by atoms with E-state index in [-0.39, 0.29) is 0 Å². The van der Waals surface area contributed by atoms with Gasteiger partial charge in [0.05, 0.1) is 6.54 Å². The highest BCUT2D eigenvalue weighted by Crippen LogP contribution is 2.33. The topological polar surface area (TPSA) is 23.5 Å². The van der Waals surface area contributed by atoms with Crippen molar-refractivity contribution < 1.29 is 5.11 Å². The Balaban J connectivity index is 1.61. The molecule has 2 fully saturated rings. The summed E-state index contributed by atoms with van der Waals surface area (Å²) in [4.78, 5) is 2.59. The lowest BCUT2D eigenvalue weighted by Crippen LogP contribution is -2.49. The van der Waals surface area contributed by atoms with E-state index in [1.165, 1.54) is 38.5 Å². The lowest BCUT2D eigenvalue weighted by Gasteiger charge is -2.45. The van der Waals surface area contributed by atoms with Gasteiger partial charge in [0.25, 0.3) is 0 Å². The van der Waals surface area contributed by atoms with Crippen LogP contribution in [0.1, 0.15) is 49.7 Å². The Labute approximate surface area is 156 Å². The summed E-state index contributed by atoms with van der Waals surface area (Å²) >= 11 is 0. The standard InChI is InChI=1S/C24H27NO/c26-24(20-10-3-1-4-11-20,21-12-5-2-6-13-21)18-9-19-25-22-14-7-15-23(25)17-8-16-22/h1-6,10-13,22-23,26H,7-8,14-17,19H2. The van der Waals surface area contributed by atoms with Crippen molar-refractivity contribution in [2.45, 2.75) is 56.2 Å². The maximum absolute atomic E-state index is 11.5. The second-order valence-electron chi connectivity index (χ2n) is 7.59. The molecule has 0 saturated carbocycles. The van der Waals surface area contributed by atoms with E-state index in [4.69, 9.17) is 0 Å². The van der Waals surface area contributed by atoms with Crippen molar-refractivity contribution in [2.75, 3.05) is 6.54 Å². The molecule has 2 aliphatic heterocycles. The Hall–Kier alpha value is -2.08. The van der Waals surface area contributed by atoms with Crippen molar-refractivity contribution in [2.24, 2.45) is 0 Å². The van der Waals surface area contributed by atoms with Gasteiger partial charge in [-0.2, -0.15) is 0 Å². The number of nitrogens with zero attached hydrogens (tertiary/aromatic N) is 1. The summed E-state index contributed by atoms with van der Waals surface area (Å²) in [6.07, 6.45) is 7.94. The molecule has 2 nitrogen and oxygen atoms in total. The highest BCUT2D eigenvalue weighted by molar-refractivity contribution is 5.44. The van der Waals surface area contributed by atoms with Gasteiger partial charge in [-0.1, -0.05) is 85.3 Å². The quantitative estimate of drug-likeness (QED) is 0.837. The summed E-state index contributed by atoms with van der Waals surface area (Å²) in [7, 11) is 0. The first-order valence-electron chi connectivity index (χ1n) is 9.86. The summed E-state index contributed by atoms with van der Waals surface area (Å²) in [5.74, 6) is 6.58. The fourth-order valence-corrected chi connectivity index (χ4v) is 4.61. The lowest BCUT2D eigenvalue weighted by atomic mass is 9.84. The molecule has 0 unspecified atom stereocenters. The lowest BCUT2D eigenvalue weighted by molar-refractivity contribution is 0.0538. The highest BCUT2D eigenvalue weighted by atomic mass is 16.3. The van der Waals surface area contributed by atoms with Gasteiger partial charge in [0.15, 0.2) is 5.60 Å². The van der Waals surface area contributed by atoms with E-state index in [2.05, 4.69) is 16.7 Å². The van der Waals surface area contributed by atoms with Gasteiger partial charge < -0.3 is 5.11 Å². The predicted molar refractivity (Wildman–Crippen MR) is 106 cm³/mol. The first kappa shape index (κ1) is 17.3. The van der Waals surface area contributed by atoms with E-state index in [1.54, 1.807) is 0 Å². The molecular formula is C24H27NO. The van der Waals surface area contributed by atoms with Gasteiger partial charge in [-0.25, -0.2) is 0 Å². The molecule has 0 atom stereocenters. The van der Waals surface area contributed by atoms with Crippen LogP contribution in [-0.2, 0) is 5.60 Å². The molecule has 2 aliphatic rings. The van der Waals surface area contributed by atoms with Gasteiger partial charge in [-0.05, 0) is 25.7 Å². The molecule has 134 valence electrons. The number of aliphatic hydroxyl groups is 1. The SMILES string of the molecule is OC(C#CCN1C2CCCC1CCC2)(c1ccccc1)c1ccccc1. The average molecular weight is 345 g/mol. The molecule has 0 radical (unpaired) electrons. The third-order valence-corrected chi connectivity index (χ3v) is 6.00. The first-order chi connectivity index (χ1) is 12.8. The second-order valence-corrected chi connectivity index (χ2v) is 7.59. The van der Waals surface area contributed by atoms with E-state index < -0.39 is 5.60 Å². The molecule has 2 aromatic rings. The van der Waals surface area contributed by atoms with Crippen molar-refractivity contribution in [3.8, 4) is 11.8 Å². The molecule has 2 aromatic carbocycles. The molecule has 0 aromatic heterocycles. The van der Waals surface area contributed by atoms with Crippen LogP contribution < -0.4 is 0 Å². The largest absolute Gasteiger partial charge is 0.369 e. The maximum Gasteiger partial charge on any atom is 0.176 e. The van der Waals surface area contributed by atoms with Gasteiger partial charge in [-0.15, -0.1) is 0 Å². The number of hydrogen-bond acceptors (Lipinski definition) is 2. The van der Waals surface area contributed by atoms with Crippen molar-refractivity contribution >= 4 is 0 Å². The first-order valence-corrected chi connectivity index (χ1v) is 9.86. The zero-order valence-corrected chi connectivity index (χ0v) is 15.3. The summed E-state index contributed by atoms with van der Waals surface area (Å²) in [6.45, 7) is 0.761.